The van der Waals surface area contributed by atoms with E-state index in [0.29, 0.717) is 11.8 Å². The first kappa shape index (κ1) is 20.2. The lowest BCUT2D eigenvalue weighted by Crippen LogP contribution is -2.67. The zero-order valence-electron chi connectivity index (χ0n) is 18.0. The fraction of sp³-hybridized carbons (Fsp3) is 0.321. The van der Waals surface area contributed by atoms with Gasteiger partial charge in [0.15, 0.2) is 0 Å². The van der Waals surface area contributed by atoms with Gasteiger partial charge in [0.05, 0.1) is 18.6 Å². The number of hydrogen-bond donors (Lipinski definition) is 1. The molecule has 6 rings (SSSR count). The van der Waals surface area contributed by atoms with E-state index in [4.69, 9.17) is 0 Å². The second-order valence-corrected chi connectivity index (χ2v) is 9.34. The molecule has 3 nitrogen and oxygen atoms in total. The van der Waals surface area contributed by atoms with Crippen LogP contribution in [0.1, 0.15) is 35.6 Å². The van der Waals surface area contributed by atoms with Crippen LogP contribution in [0.4, 0.5) is 0 Å². The molecule has 4 heterocycles. The number of aliphatic hydroxyl groups is 1. The Kier molecular flexibility index (Phi) is 5.25. The maximum absolute atomic E-state index is 11.8. The molecule has 3 saturated heterocycles. The number of benzene rings is 2. The van der Waals surface area contributed by atoms with Crippen molar-refractivity contribution in [3.05, 3.63) is 96.7 Å². The SMILES string of the molecule is C=Cc1ccc(C[N@@+]23CC[C@@H](C[C@H]2[C@H](O)c2ccnc4ccccc24)[C@@H](C=C)C3)cc1. The third-order valence-electron chi connectivity index (χ3n) is 7.75. The number of hydrogen-bond acceptors (Lipinski definition) is 2. The van der Waals surface area contributed by atoms with Gasteiger partial charge in [-0.05, 0) is 29.2 Å². The Bertz CT molecular complexity index is 1100. The minimum absolute atomic E-state index is 0.180. The number of aromatic nitrogens is 1. The third-order valence-corrected chi connectivity index (χ3v) is 7.75. The molecule has 3 aliphatic rings. The van der Waals surface area contributed by atoms with Crippen molar-refractivity contribution in [3.63, 3.8) is 0 Å². The van der Waals surface area contributed by atoms with Crippen LogP contribution in [0.15, 0.2) is 80.0 Å². The number of aliphatic hydroxyl groups excluding tert-OH is 1. The van der Waals surface area contributed by atoms with Gasteiger partial charge in [0.2, 0.25) is 0 Å². The van der Waals surface area contributed by atoms with Crippen LogP contribution in [-0.4, -0.2) is 33.7 Å². The number of nitrogens with zero attached hydrogens (tertiary/aromatic N) is 2. The van der Waals surface area contributed by atoms with Gasteiger partial charge in [-0.25, -0.2) is 0 Å². The molecule has 0 radical (unpaired) electrons. The van der Waals surface area contributed by atoms with Gasteiger partial charge in [0.25, 0.3) is 0 Å². The Labute approximate surface area is 185 Å². The van der Waals surface area contributed by atoms with Crippen molar-refractivity contribution < 1.29 is 9.59 Å². The molecule has 0 amide bonds. The topological polar surface area (TPSA) is 33.1 Å². The first-order valence-corrected chi connectivity index (χ1v) is 11.3. The molecular weight excluding hydrogens is 380 g/mol. The van der Waals surface area contributed by atoms with Crippen LogP contribution in [0.3, 0.4) is 0 Å². The number of para-hydroxylation sites is 1. The lowest BCUT2D eigenvalue weighted by molar-refractivity contribution is -0.984. The Morgan fingerprint density at radius 2 is 1.90 bits per heavy atom. The van der Waals surface area contributed by atoms with Crippen molar-refractivity contribution in [2.45, 2.75) is 31.5 Å². The molecule has 0 unspecified atom stereocenters. The molecule has 158 valence electrons. The lowest BCUT2D eigenvalue weighted by atomic mass is 9.71. The number of pyridine rings is 1. The molecule has 1 aromatic heterocycles. The van der Waals surface area contributed by atoms with E-state index in [1.807, 2.05) is 36.5 Å². The Balaban J connectivity index is 1.53. The maximum Gasteiger partial charge on any atom is 0.131 e. The quantitative estimate of drug-likeness (QED) is 0.428. The smallest absolute Gasteiger partial charge is 0.131 e. The largest absolute Gasteiger partial charge is 0.382 e. The van der Waals surface area contributed by atoms with Gasteiger partial charge in [0.1, 0.15) is 18.7 Å². The highest BCUT2D eigenvalue weighted by Crippen LogP contribution is 2.48. The summed E-state index contributed by atoms with van der Waals surface area (Å²) in [5, 5.41) is 12.8. The summed E-state index contributed by atoms with van der Waals surface area (Å²) in [7, 11) is 0. The van der Waals surface area contributed by atoms with E-state index in [1.165, 1.54) is 12.0 Å². The standard InChI is InChI=1S/C28H31N2O/c1-3-20-9-11-21(12-10-20)18-30-16-14-23(22(4-2)19-30)17-27(30)28(31)25-13-15-29-26-8-6-5-7-24(25)26/h3-13,15,22-23,27-28,31H,1-2,14,16-19H2/q+1/t22-,23-,27-,28+,30+/m0/s1. The second-order valence-electron chi connectivity index (χ2n) is 9.34. The van der Waals surface area contributed by atoms with Crippen molar-refractivity contribution >= 4 is 17.0 Å². The van der Waals surface area contributed by atoms with Crippen molar-refractivity contribution in [2.75, 3.05) is 13.1 Å². The minimum atomic E-state index is -0.506. The van der Waals surface area contributed by atoms with Gasteiger partial charge in [-0.15, -0.1) is 6.58 Å². The molecule has 31 heavy (non-hydrogen) atoms. The highest BCUT2D eigenvalue weighted by atomic mass is 16.3. The normalized spacial score (nSPS) is 28.4. The number of quaternary nitrogens is 1. The molecule has 5 atom stereocenters. The van der Waals surface area contributed by atoms with Gasteiger partial charge in [0, 0.05) is 35.9 Å². The summed E-state index contributed by atoms with van der Waals surface area (Å²) in [6.07, 6.45) is 7.62. The van der Waals surface area contributed by atoms with Crippen LogP contribution >= 0.6 is 0 Å². The molecule has 2 aromatic carbocycles. The number of piperidine rings is 3. The molecule has 1 N–H and O–H groups in total. The van der Waals surface area contributed by atoms with E-state index in [-0.39, 0.29) is 6.04 Å². The van der Waals surface area contributed by atoms with E-state index < -0.39 is 6.10 Å². The summed E-state index contributed by atoms with van der Waals surface area (Å²) in [5.74, 6) is 1.15. The molecule has 3 aliphatic heterocycles. The number of rotatable bonds is 6. The Morgan fingerprint density at radius 1 is 1.10 bits per heavy atom. The van der Waals surface area contributed by atoms with Crippen molar-refractivity contribution in [2.24, 2.45) is 11.8 Å². The second kappa shape index (κ2) is 8.07. The first-order chi connectivity index (χ1) is 15.1. The van der Waals surface area contributed by atoms with Crippen LogP contribution in [-0.2, 0) is 6.54 Å². The highest BCUT2D eigenvalue weighted by Gasteiger charge is 2.53. The van der Waals surface area contributed by atoms with Crippen LogP contribution in [0.25, 0.3) is 17.0 Å². The summed E-state index contributed by atoms with van der Waals surface area (Å²) in [4.78, 5) is 4.51. The van der Waals surface area contributed by atoms with E-state index >= 15 is 0 Å². The van der Waals surface area contributed by atoms with Crippen molar-refractivity contribution in [3.8, 4) is 0 Å². The predicted octanol–water partition coefficient (Wildman–Crippen LogP) is 5.52. The third kappa shape index (κ3) is 3.52. The van der Waals surface area contributed by atoms with Crippen LogP contribution in [0, 0.1) is 11.8 Å². The summed E-state index contributed by atoms with van der Waals surface area (Å²) in [6.45, 7) is 11.1. The van der Waals surface area contributed by atoms with Gasteiger partial charge in [-0.1, -0.05) is 61.2 Å². The van der Waals surface area contributed by atoms with Crippen molar-refractivity contribution in [1.29, 1.82) is 0 Å². The zero-order chi connectivity index (χ0) is 21.4. The molecule has 0 aliphatic carbocycles. The molecule has 3 heteroatoms. The fourth-order valence-corrected chi connectivity index (χ4v) is 6.09. The Morgan fingerprint density at radius 3 is 2.68 bits per heavy atom. The highest BCUT2D eigenvalue weighted by molar-refractivity contribution is 5.82. The summed E-state index contributed by atoms with van der Waals surface area (Å²) >= 11 is 0. The Hall–Kier alpha value is -2.75. The van der Waals surface area contributed by atoms with Crippen LogP contribution in [0.2, 0.25) is 0 Å². The molecule has 0 spiro atoms. The van der Waals surface area contributed by atoms with Gasteiger partial charge < -0.3 is 9.59 Å². The monoisotopic (exact) mass is 411 g/mol. The summed E-state index contributed by atoms with van der Waals surface area (Å²) < 4.78 is 0.929. The molecule has 3 fully saturated rings. The maximum atomic E-state index is 11.8. The number of fused-ring (bicyclic) bond motifs is 4. The molecule has 3 aromatic rings. The average molecular weight is 412 g/mol. The van der Waals surface area contributed by atoms with Crippen LogP contribution in [0.5, 0.6) is 0 Å². The lowest BCUT2D eigenvalue weighted by Gasteiger charge is -2.58. The van der Waals surface area contributed by atoms with Gasteiger partial charge in [-0.3, -0.25) is 4.98 Å². The summed E-state index contributed by atoms with van der Waals surface area (Å²) in [6, 6.07) is 19.1. The van der Waals surface area contributed by atoms with Gasteiger partial charge in [-0.2, -0.15) is 0 Å². The van der Waals surface area contributed by atoms with Gasteiger partial charge >= 0.3 is 0 Å². The fourth-order valence-electron chi connectivity index (χ4n) is 6.09. The van der Waals surface area contributed by atoms with E-state index in [2.05, 4.69) is 54.5 Å². The van der Waals surface area contributed by atoms with Crippen molar-refractivity contribution in [1.82, 2.24) is 4.98 Å². The molecule has 2 bridgehead atoms. The van der Waals surface area contributed by atoms with E-state index in [9.17, 15) is 5.11 Å². The molecular formula is C28H31N2O+. The molecule has 0 saturated carbocycles. The minimum Gasteiger partial charge on any atom is -0.382 e. The zero-order valence-corrected chi connectivity index (χ0v) is 18.0. The van der Waals surface area contributed by atoms with E-state index in [0.717, 1.165) is 52.6 Å². The van der Waals surface area contributed by atoms with E-state index in [1.54, 1.807) is 0 Å². The predicted molar refractivity (Wildman–Crippen MR) is 127 cm³/mol. The first-order valence-electron chi connectivity index (χ1n) is 11.3. The van der Waals surface area contributed by atoms with Crippen LogP contribution < -0.4 is 0 Å². The average Bonchev–Trinajstić information content (AvgIpc) is 2.83. The summed E-state index contributed by atoms with van der Waals surface area (Å²) in [5.41, 5.74) is 4.43.